The van der Waals surface area contributed by atoms with E-state index in [9.17, 15) is 4.79 Å². The van der Waals surface area contributed by atoms with E-state index in [0.29, 0.717) is 45.7 Å². The number of carboxylic acids is 1. The topological polar surface area (TPSA) is 140 Å². The van der Waals surface area contributed by atoms with E-state index in [1.165, 1.54) is 21.3 Å². The van der Waals surface area contributed by atoms with Crippen molar-refractivity contribution in [3.8, 4) is 17.2 Å². The predicted molar refractivity (Wildman–Crippen MR) is 123 cm³/mol. The molecule has 4 N–H and O–H groups in total. The molecule has 168 valence electrons. The number of fused-ring (bicyclic) bond motifs is 1. The van der Waals surface area contributed by atoms with Gasteiger partial charge in [-0.15, -0.1) is 0 Å². The molecule has 0 amide bonds. The molecule has 1 aromatic carbocycles. The Morgan fingerprint density at radius 2 is 1.75 bits per heavy atom. The van der Waals surface area contributed by atoms with Crippen molar-refractivity contribution >= 4 is 51.8 Å². The predicted octanol–water partition coefficient (Wildman–Crippen LogP) is 2.56. The molecule has 0 aliphatic carbocycles. The van der Waals surface area contributed by atoms with Crippen molar-refractivity contribution in [2.45, 2.75) is 6.42 Å². The van der Waals surface area contributed by atoms with Gasteiger partial charge in [-0.05, 0) is 24.4 Å². The first-order valence-electron chi connectivity index (χ1n) is 9.41. The first kappa shape index (κ1) is 22.7. The Balaban J connectivity index is 1.79. The average molecular weight is 459 g/mol. The van der Waals surface area contributed by atoms with Gasteiger partial charge in [-0.25, -0.2) is 15.0 Å². The van der Waals surface area contributed by atoms with Gasteiger partial charge in [0, 0.05) is 24.4 Å². The van der Waals surface area contributed by atoms with E-state index < -0.39 is 5.97 Å². The number of nitrogens with one attached hydrogen (secondary N) is 3. The second-order valence-electron chi connectivity index (χ2n) is 6.36. The van der Waals surface area contributed by atoms with Gasteiger partial charge in [-0.3, -0.25) is 4.79 Å². The summed E-state index contributed by atoms with van der Waals surface area (Å²) in [5.41, 5.74) is 1.64. The lowest BCUT2D eigenvalue weighted by Crippen LogP contribution is -2.30. The molecule has 2 heterocycles. The van der Waals surface area contributed by atoms with Gasteiger partial charge < -0.3 is 35.3 Å². The van der Waals surface area contributed by atoms with Crippen molar-refractivity contribution in [1.82, 2.24) is 20.3 Å². The van der Waals surface area contributed by atoms with Crippen LogP contribution in [0.1, 0.15) is 6.42 Å². The first-order chi connectivity index (χ1) is 15.4. The monoisotopic (exact) mass is 458 g/mol. The number of rotatable bonds is 9. The van der Waals surface area contributed by atoms with Crippen LogP contribution in [0.15, 0.2) is 30.5 Å². The Hall–Kier alpha value is -3.93. The van der Waals surface area contributed by atoms with Crippen molar-refractivity contribution in [3.63, 3.8) is 0 Å². The lowest BCUT2D eigenvalue weighted by molar-refractivity contribution is -0.136. The molecule has 3 rings (SSSR count). The van der Waals surface area contributed by atoms with Gasteiger partial charge in [-0.2, -0.15) is 0 Å². The number of benzene rings is 1. The van der Waals surface area contributed by atoms with Crippen molar-refractivity contribution < 1.29 is 24.1 Å². The fourth-order valence-corrected chi connectivity index (χ4v) is 2.98. The van der Waals surface area contributed by atoms with Crippen LogP contribution < -0.4 is 30.2 Å². The molecule has 32 heavy (non-hydrogen) atoms. The van der Waals surface area contributed by atoms with E-state index in [1.807, 2.05) is 0 Å². The number of carboxylic acid groups (broad SMARTS) is 1. The van der Waals surface area contributed by atoms with Crippen LogP contribution in [0.4, 0.5) is 17.3 Å². The van der Waals surface area contributed by atoms with Gasteiger partial charge in [0.25, 0.3) is 0 Å². The molecule has 0 spiro atoms. The van der Waals surface area contributed by atoms with E-state index in [1.54, 1.807) is 30.5 Å². The largest absolute Gasteiger partial charge is 0.493 e. The molecule has 12 heteroatoms. The van der Waals surface area contributed by atoms with Crippen LogP contribution in [0.25, 0.3) is 11.2 Å². The summed E-state index contributed by atoms with van der Waals surface area (Å²) in [6.07, 6.45) is 1.53. The van der Waals surface area contributed by atoms with Gasteiger partial charge in [0.2, 0.25) is 5.75 Å². The minimum atomic E-state index is -0.911. The Morgan fingerprint density at radius 3 is 2.38 bits per heavy atom. The van der Waals surface area contributed by atoms with Crippen molar-refractivity contribution in [2.24, 2.45) is 0 Å². The fraction of sp³-hybridized carbons (Fsp3) is 0.250. The van der Waals surface area contributed by atoms with E-state index in [4.69, 9.17) is 31.5 Å². The smallest absolute Gasteiger partial charge is 0.305 e. The molecule has 0 saturated heterocycles. The van der Waals surface area contributed by atoms with Gasteiger partial charge >= 0.3 is 5.97 Å². The second-order valence-corrected chi connectivity index (χ2v) is 6.77. The molecule has 0 aliphatic rings. The Bertz CT molecular complexity index is 1120. The molecule has 2 aromatic heterocycles. The first-order valence-corrected chi connectivity index (χ1v) is 9.81. The molecule has 0 unspecified atom stereocenters. The summed E-state index contributed by atoms with van der Waals surface area (Å²) in [5.74, 6) is 1.47. The van der Waals surface area contributed by atoms with Crippen LogP contribution in [0, 0.1) is 0 Å². The summed E-state index contributed by atoms with van der Waals surface area (Å²) in [7, 11) is 4.61. The zero-order valence-electron chi connectivity index (χ0n) is 17.6. The van der Waals surface area contributed by atoms with Crippen LogP contribution in [-0.4, -0.2) is 59.0 Å². The van der Waals surface area contributed by atoms with E-state index in [-0.39, 0.29) is 18.1 Å². The summed E-state index contributed by atoms with van der Waals surface area (Å²) in [5, 5.41) is 17.8. The normalized spacial score (nSPS) is 10.3. The van der Waals surface area contributed by atoms with E-state index in [2.05, 4.69) is 30.9 Å². The van der Waals surface area contributed by atoms with Crippen molar-refractivity contribution in [2.75, 3.05) is 38.5 Å². The number of hydrogen-bond acceptors (Lipinski definition) is 9. The molecule has 11 nitrogen and oxygen atoms in total. The third-order valence-corrected chi connectivity index (χ3v) is 4.46. The van der Waals surface area contributed by atoms with Crippen molar-refractivity contribution in [1.29, 1.82) is 0 Å². The van der Waals surface area contributed by atoms with Crippen LogP contribution in [0.2, 0.25) is 0 Å². The summed E-state index contributed by atoms with van der Waals surface area (Å²) in [4.78, 5) is 23.9. The van der Waals surface area contributed by atoms with Crippen LogP contribution >= 0.6 is 12.2 Å². The molecular formula is C20H22N6O5S. The molecule has 0 fully saturated rings. The van der Waals surface area contributed by atoms with Gasteiger partial charge in [0.05, 0.1) is 33.9 Å². The minimum Gasteiger partial charge on any atom is -0.493 e. The SMILES string of the molecule is COc1cc(Nc2cnc3ccc(NC(=S)NCCC(=O)O)nc3n2)cc(OC)c1OC. The number of aromatic nitrogens is 3. The Kier molecular flexibility index (Phi) is 7.39. The highest BCUT2D eigenvalue weighted by atomic mass is 32.1. The number of methoxy groups -OCH3 is 3. The molecule has 0 saturated carbocycles. The lowest BCUT2D eigenvalue weighted by atomic mass is 10.2. The van der Waals surface area contributed by atoms with E-state index >= 15 is 0 Å². The highest BCUT2D eigenvalue weighted by Gasteiger charge is 2.14. The summed E-state index contributed by atoms with van der Waals surface area (Å²) in [6.45, 7) is 0.206. The van der Waals surface area contributed by atoms with Crippen LogP contribution in [0.5, 0.6) is 17.2 Å². The molecule has 0 bridgehead atoms. The number of pyridine rings is 1. The maximum absolute atomic E-state index is 10.6. The maximum atomic E-state index is 10.6. The number of nitrogens with zero attached hydrogens (tertiary/aromatic N) is 3. The highest BCUT2D eigenvalue weighted by Crippen LogP contribution is 2.40. The lowest BCUT2D eigenvalue weighted by Gasteiger charge is -2.15. The number of hydrogen-bond donors (Lipinski definition) is 4. The van der Waals surface area contributed by atoms with Gasteiger partial charge in [-0.1, -0.05) is 0 Å². The molecule has 3 aromatic rings. The van der Waals surface area contributed by atoms with Crippen molar-refractivity contribution in [3.05, 3.63) is 30.5 Å². The standard InChI is InChI=1S/C20H22N6O5S/c1-29-13-8-11(9-14(30-2)18(13)31-3)23-16-10-22-12-4-5-15(24-19(12)25-16)26-20(32)21-7-6-17(27)28/h4-5,8-10H,6-7H2,1-3H3,(H,27,28)(H3,21,23,24,25,26,32). The highest BCUT2D eigenvalue weighted by molar-refractivity contribution is 7.80. The summed E-state index contributed by atoms with van der Waals surface area (Å²) >= 11 is 5.15. The zero-order chi connectivity index (χ0) is 23.1. The number of ether oxygens (including phenoxy) is 3. The van der Waals surface area contributed by atoms with Crippen LogP contribution in [-0.2, 0) is 4.79 Å². The number of aliphatic carboxylic acids is 1. The zero-order valence-corrected chi connectivity index (χ0v) is 18.4. The van der Waals surface area contributed by atoms with Gasteiger partial charge in [0.15, 0.2) is 28.1 Å². The Morgan fingerprint density at radius 1 is 1.06 bits per heavy atom. The summed E-state index contributed by atoms with van der Waals surface area (Å²) < 4.78 is 16.1. The molecule has 0 radical (unpaired) electrons. The summed E-state index contributed by atoms with van der Waals surface area (Å²) in [6, 6.07) is 6.95. The van der Waals surface area contributed by atoms with Gasteiger partial charge in [0.1, 0.15) is 11.3 Å². The van der Waals surface area contributed by atoms with Crippen LogP contribution in [0.3, 0.4) is 0 Å². The number of carbonyl (C=O) groups is 1. The second kappa shape index (κ2) is 10.4. The third kappa shape index (κ3) is 5.60. The maximum Gasteiger partial charge on any atom is 0.305 e. The minimum absolute atomic E-state index is 0.0472. The molecular weight excluding hydrogens is 436 g/mol. The molecule has 0 aliphatic heterocycles. The fourth-order valence-electron chi connectivity index (χ4n) is 2.77. The number of anilines is 3. The number of thiocarbonyl (C=S) groups is 1. The third-order valence-electron chi connectivity index (χ3n) is 4.21. The Labute approximate surface area is 189 Å². The van der Waals surface area contributed by atoms with E-state index in [0.717, 1.165) is 0 Å². The quantitative estimate of drug-likeness (QED) is 0.350. The molecule has 0 atom stereocenters. The average Bonchev–Trinajstić information content (AvgIpc) is 2.77.